The number of aromatic nitrogens is 4. The third-order valence-electron chi connectivity index (χ3n) is 3.97. The molecular formula is C15H15N5O2S. The van der Waals surface area contributed by atoms with Crippen LogP contribution in [0.1, 0.15) is 33.7 Å². The van der Waals surface area contributed by atoms with Gasteiger partial charge in [0.1, 0.15) is 0 Å². The molecule has 0 radical (unpaired) electrons. The molecule has 3 heterocycles. The van der Waals surface area contributed by atoms with Gasteiger partial charge in [0.15, 0.2) is 5.13 Å². The van der Waals surface area contributed by atoms with E-state index in [0.29, 0.717) is 5.13 Å². The van der Waals surface area contributed by atoms with Crippen LogP contribution in [0.15, 0.2) is 16.8 Å². The summed E-state index contributed by atoms with van der Waals surface area (Å²) < 4.78 is 6.94. The van der Waals surface area contributed by atoms with Crippen molar-refractivity contribution < 1.29 is 9.32 Å². The van der Waals surface area contributed by atoms with Crippen LogP contribution < -0.4 is 5.32 Å². The third kappa shape index (κ3) is 2.35. The highest BCUT2D eigenvalue weighted by Gasteiger charge is 2.24. The molecule has 1 aliphatic carbocycles. The highest BCUT2D eigenvalue weighted by atomic mass is 32.1. The number of hydrogen-bond donors (Lipinski definition) is 1. The zero-order valence-electron chi connectivity index (χ0n) is 12.8. The van der Waals surface area contributed by atoms with Crippen molar-refractivity contribution in [2.75, 3.05) is 5.32 Å². The number of aryl methyl sites for hydroxylation is 3. The molecule has 118 valence electrons. The van der Waals surface area contributed by atoms with Crippen LogP contribution in [0.2, 0.25) is 0 Å². The fourth-order valence-electron chi connectivity index (χ4n) is 2.72. The number of nitrogens with zero attached hydrogens (tertiary/aromatic N) is 4. The van der Waals surface area contributed by atoms with Gasteiger partial charge in [-0.15, -0.1) is 11.3 Å². The average molecular weight is 329 g/mol. The Balaban J connectivity index is 1.60. The largest absolute Gasteiger partial charge is 0.351 e. The Bertz CT molecular complexity index is 892. The second kappa shape index (κ2) is 5.31. The van der Waals surface area contributed by atoms with E-state index in [4.69, 9.17) is 4.52 Å². The number of nitrogens with one attached hydrogen (secondary N) is 1. The van der Waals surface area contributed by atoms with Crippen LogP contribution in [-0.4, -0.2) is 25.8 Å². The summed E-state index contributed by atoms with van der Waals surface area (Å²) >= 11 is 1.50. The van der Waals surface area contributed by atoms with E-state index in [0.717, 1.165) is 36.2 Å². The zero-order chi connectivity index (χ0) is 16.0. The molecule has 8 heteroatoms. The summed E-state index contributed by atoms with van der Waals surface area (Å²) in [5, 5.41) is 11.5. The molecule has 1 amide bonds. The first kappa shape index (κ1) is 14.1. The Labute approximate surface area is 136 Å². The monoisotopic (exact) mass is 329 g/mol. The van der Waals surface area contributed by atoms with Crippen molar-refractivity contribution in [2.24, 2.45) is 7.05 Å². The van der Waals surface area contributed by atoms with E-state index in [2.05, 4.69) is 20.6 Å². The number of anilines is 1. The molecule has 7 nitrogen and oxygen atoms in total. The minimum absolute atomic E-state index is 0.206. The number of fused-ring (bicyclic) bond motifs is 3. The van der Waals surface area contributed by atoms with Crippen molar-refractivity contribution >= 4 is 22.4 Å². The lowest BCUT2D eigenvalue weighted by atomic mass is 10.0. The quantitative estimate of drug-likeness (QED) is 0.797. The van der Waals surface area contributed by atoms with Crippen molar-refractivity contribution in [2.45, 2.75) is 26.2 Å². The van der Waals surface area contributed by atoms with Gasteiger partial charge in [0, 0.05) is 29.2 Å². The second-order valence-corrected chi connectivity index (χ2v) is 6.49. The van der Waals surface area contributed by atoms with Crippen molar-refractivity contribution in [1.29, 1.82) is 0 Å². The Kier molecular flexibility index (Phi) is 3.26. The first-order valence-electron chi connectivity index (χ1n) is 7.43. The molecule has 3 aromatic rings. The highest BCUT2D eigenvalue weighted by molar-refractivity contribution is 7.16. The minimum atomic E-state index is -0.324. The van der Waals surface area contributed by atoms with E-state index in [1.54, 1.807) is 6.07 Å². The molecule has 1 N–H and O–H groups in total. The third-order valence-corrected chi connectivity index (χ3v) is 5.00. The molecule has 0 aromatic carbocycles. The molecule has 0 spiro atoms. The highest BCUT2D eigenvalue weighted by Crippen LogP contribution is 2.37. The van der Waals surface area contributed by atoms with E-state index in [-0.39, 0.29) is 11.7 Å². The van der Waals surface area contributed by atoms with Crippen LogP contribution in [-0.2, 0) is 26.3 Å². The number of carbonyl (C=O) groups is 1. The van der Waals surface area contributed by atoms with Crippen molar-refractivity contribution in [1.82, 2.24) is 19.9 Å². The molecule has 0 saturated carbocycles. The van der Waals surface area contributed by atoms with Gasteiger partial charge in [0.05, 0.1) is 17.6 Å². The Hall–Kier alpha value is -2.48. The van der Waals surface area contributed by atoms with Crippen LogP contribution in [0.3, 0.4) is 0 Å². The maximum absolute atomic E-state index is 12.2. The minimum Gasteiger partial charge on any atom is -0.351 e. The number of hydrogen-bond acceptors (Lipinski definition) is 6. The fourth-order valence-corrected chi connectivity index (χ4v) is 3.69. The molecule has 0 bridgehead atoms. The fraction of sp³-hybridized carbons (Fsp3) is 0.333. The van der Waals surface area contributed by atoms with E-state index in [1.165, 1.54) is 21.9 Å². The van der Waals surface area contributed by atoms with Crippen LogP contribution >= 0.6 is 11.3 Å². The van der Waals surface area contributed by atoms with Crippen LogP contribution in [0, 0.1) is 0 Å². The number of rotatable bonds is 3. The standard InChI is InChI=1S/C15H15N5O2S/c1-3-8-6-11(22-19-8)14(21)18-15-17-13-9-7-16-20(2)10(9)4-5-12(13)23-15/h6-7H,3-5H2,1-2H3,(H,17,18,21). The average Bonchev–Trinajstić information content (AvgIpc) is 3.24. The van der Waals surface area contributed by atoms with Crippen LogP contribution in [0.4, 0.5) is 5.13 Å². The first-order chi connectivity index (χ1) is 11.2. The van der Waals surface area contributed by atoms with Gasteiger partial charge in [-0.05, 0) is 19.3 Å². The molecule has 4 rings (SSSR count). The zero-order valence-corrected chi connectivity index (χ0v) is 13.6. The predicted molar refractivity (Wildman–Crippen MR) is 85.6 cm³/mol. The van der Waals surface area contributed by atoms with E-state index >= 15 is 0 Å². The van der Waals surface area contributed by atoms with E-state index in [1.807, 2.05) is 24.9 Å². The van der Waals surface area contributed by atoms with E-state index in [9.17, 15) is 4.79 Å². The lowest BCUT2D eigenvalue weighted by Gasteiger charge is -2.10. The Morgan fingerprint density at radius 2 is 2.35 bits per heavy atom. The van der Waals surface area contributed by atoms with Crippen LogP contribution in [0.25, 0.3) is 11.3 Å². The lowest BCUT2D eigenvalue weighted by Crippen LogP contribution is -2.10. The van der Waals surface area contributed by atoms with Gasteiger partial charge in [0.25, 0.3) is 5.91 Å². The summed E-state index contributed by atoms with van der Waals surface area (Å²) in [5.74, 6) is -0.119. The Morgan fingerprint density at radius 3 is 3.13 bits per heavy atom. The van der Waals surface area contributed by atoms with Gasteiger partial charge in [-0.1, -0.05) is 12.1 Å². The van der Waals surface area contributed by atoms with E-state index < -0.39 is 0 Å². The molecule has 0 unspecified atom stereocenters. The SMILES string of the molecule is CCc1cc(C(=O)Nc2nc3c(s2)CCc2c-3cnn2C)on1. The molecule has 0 atom stereocenters. The van der Waals surface area contributed by atoms with Crippen molar-refractivity contribution in [3.8, 4) is 11.3 Å². The normalized spacial score (nSPS) is 12.8. The van der Waals surface area contributed by atoms with Gasteiger partial charge in [0.2, 0.25) is 5.76 Å². The number of thiazole rings is 1. The predicted octanol–water partition coefficient (Wildman–Crippen LogP) is 2.44. The maximum Gasteiger partial charge on any atom is 0.296 e. The molecule has 1 aliphatic rings. The molecule has 3 aromatic heterocycles. The molecule has 0 aliphatic heterocycles. The summed E-state index contributed by atoms with van der Waals surface area (Å²) in [4.78, 5) is 18.0. The summed E-state index contributed by atoms with van der Waals surface area (Å²) in [5.41, 5.74) is 3.92. The summed E-state index contributed by atoms with van der Waals surface area (Å²) in [7, 11) is 1.94. The number of carbonyl (C=O) groups excluding carboxylic acids is 1. The maximum atomic E-state index is 12.2. The summed E-state index contributed by atoms with van der Waals surface area (Å²) in [6.07, 6.45) is 4.42. The Morgan fingerprint density at radius 1 is 1.48 bits per heavy atom. The first-order valence-corrected chi connectivity index (χ1v) is 8.25. The van der Waals surface area contributed by atoms with Gasteiger partial charge < -0.3 is 4.52 Å². The molecule has 23 heavy (non-hydrogen) atoms. The van der Waals surface area contributed by atoms with Crippen molar-refractivity contribution in [3.63, 3.8) is 0 Å². The smallest absolute Gasteiger partial charge is 0.296 e. The van der Waals surface area contributed by atoms with Gasteiger partial charge >= 0.3 is 0 Å². The second-order valence-electron chi connectivity index (χ2n) is 5.41. The van der Waals surface area contributed by atoms with Gasteiger partial charge in [-0.3, -0.25) is 14.8 Å². The topological polar surface area (TPSA) is 85.8 Å². The number of amides is 1. The lowest BCUT2D eigenvalue weighted by molar-refractivity contribution is 0.0988. The van der Waals surface area contributed by atoms with Gasteiger partial charge in [-0.2, -0.15) is 5.10 Å². The molecule has 0 saturated heterocycles. The van der Waals surface area contributed by atoms with Crippen molar-refractivity contribution in [3.05, 3.63) is 34.3 Å². The summed E-state index contributed by atoms with van der Waals surface area (Å²) in [6, 6.07) is 1.65. The van der Waals surface area contributed by atoms with Crippen LogP contribution in [0.5, 0.6) is 0 Å². The summed E-state index contributed by atoms with van der Waals surface area (Å²) in [6.45, 7) is 1.96. The molecule has 0 fully saturated rings. The molecular weight excluding hydrogens is 314 g/mol. The van der Waals surface area contributed by atoms with Gasteiger partial charge in [-0.25, -0.2) is 4.98 Å².